The molecule has 0 fully saturated rings. The fourth-order valence-corrected chi connectivity index (χ4v) is 5.90. The third-order valence-corrected chi connectivity index (χ3v) is 7.92. The number of hydrogen-bond acceptors (Lipinski definition) is 6. The maximum atomic E-state index is 13.5. The van der Waals surface area contributed by atoms with Crippen LogP contribution >= 0.6 is 0 Å². The van der Waals surface area contributed by atoms with E-state index >= 15 is 0 Å². The van der Waals surface area contributed by atoms with Gasteiger partial charge in [0.05, 0.1) is 17.9 Å². The van der Waals surface area contributed by atoms with Gasteiger partial charge >= 0.3 is 5.97 Å². The number of carboxylic acid groups (broad SMARTS) is 1. The number of nitrogens with zero attached hydrogens (tertiary/aromatic N) is 2. The molecule has 0 bridgehead atoms. The second-order valence-electron chi connectivity index (χ2n) is 9.12. The highest BCUT2D eigenvalue weighted by atomic mass is 32.2. The third kappa shape index (κ3) is 5.84. The van der Waals surface area contributed by atoms with E-state index in [0.717, 1.165) is 16.7 Å². The summed E-state index contributed by atoms with van der Waals surface area (Å²) in [7, 11) is -3.78. The number of nitrogens with two attached hydrogens (primary N) is 1. The van der Waals surface area contributed by atoms with Crippen molar-refractivity contribution in [2.45, 2.75) is 25.3 Å². The van der Waals surface area contributed by atoms with Crippen LogP contribution in [0.15, 0.2) is 97.2 Å². The summed E-state index contributed by atoms with van der Waals surface area (Å²) < 4.78 is 34.2. The van der Waals surface area contributed by atoms with Crippen LogP contribution in [0.3, 0.4) is 0 Å². The molecule has 0 spiro atoms. The van der Waals surface area contributed by atoms with E-state index in [0.29, 0.717) is 40.1 Å². The molecular weight excluding hydrogens is 514 g/mol. The van der Waals surface area contributed by atoms with Crippen LogP contribution < -0.4 is 10.5 Å². The van der Waals surface area contributed by atoms with E-state index in [1.54, 1.807) is 54.6 Å². The number of aliphatic carboxylic acids is 1. The highest BCUT2D eigenvalue weighted by Gasteiger charge is 2.21. The monoisotopic (exact) mass is 541 g/mol. The van der Waals surface area contributed by atoms with E-state index < -0.39 is 16.0 Å². The third-order valence-electron chi connectivity index (χ3n) is 6.33. The van der Waals surface area contributed by atoms with Gasteiger partial charge in [-0.25, -0.2) is 17.4 Å². The predicted octanol–water partition coefficient (Wildman–Crippen LogP) is 4.75. The van der Waals surface area contributed by atoms with Crippen LogP contribution in [0.2, 0.25) is 0 Å². The van der Waals surface area contributed by atoms with Gasteiger partial charge in [0.2, 0.25) is 10.0 Å². The molecular formula is C30H27N3O5S. The molecule has 0 aliphatic heterocycles. The molecule has 0 atom stereocenters. The van der Waals surface area contributed by atoms with E-state index in [4.69, 9.17) is 15.5 Å². The standard InChI is InChI=1S/C30H27N3O5S/c31-18-22-9-6-11-23(15-22)27-17-25(19-38-28-12-5-4-10-24(28)16-29(34)35)32-30-26(27)13-14-33(30)39(36,37)20-21-7-2-1-3-8-21/h1-15,17H,16,18-20,31H2,(H,34,35). The van der Waals surface area contributed by atoms with Gasteiger partial charge in [-0.1, -0.05) is 66.7 Å². The summed E-state index contributed by atoms with van der Waals surface area (Å²) >= 11 is 0. The largest absolute Gasteiger partial charge is 0.487 e. The van der Waals surface area contributed by atoms with Crippen molar-refractivity contribution >= 4 is 27.0 Å². The van der Waals surface area contributed by atoms with Crippen LogP contribution in [0.5, 0.6) is 5.75 Å². The van der Waals surface area contributed by atoms with Crippen molar-refractivity contribution in [1.82, 2.24) is 8.96 Å². The summed E-state index contributed by atoms with van der Waals surface area (Å²) in [5, 5.41) is 9.93. The maximum Gasteiger partial charge on any atom is 0.307 e. The highest BCUT2D eigenvalue weighted by molar-refractivity contribution is 7.89. The van der Waals surface area contributed by atoms with Gasteiger partial charge in [-0.05, 0) is 46.5 Å². The molecule has 0 aliphatic carbocycles. The number of carboxylic acids is 1. The van der Waals surface area contributed by atoms with Gasteiger partial charge in [-0.2, -0.15) is 0 Å². The summed E-state index contributed by atoms with van der Waals surface area (Å²) in [5.74, 6) is -0.713. The number of hydrogen-bond donors (Lipinski definition) is 2. The molecule has 0 amide bonds. The van der Waals surface area contributed by atoms with Gasteiger partial charge in [-0.3, -0.25) is 4.79 Å². The quantitative estimate of drug-likeness (QED) is 0.262. The van der Waals surface area contributed by atoms with Crippen molar-refractivity contribution in [3.05, 3.63) is 120 Å². The molecule has 3 aromatic carbocycles. The van der Waals surface area contributed by atoms with Gasteiger partial charge in [0, 0.05) is 23.7 Å². The number of ether oxygens (including phenoxy) is 1. The molecule has 0 unspecified atom stereocenters. The van der Waals surface area contributed by atoms with Crippen molar-refractivity contribution in [1.29, 1.82) is 0 Å². The summed E-state index contributed by atoms with van der Waals surface area (Å²) in [6, 6.07) is 27.3. The molecule has 0 aliphatic rings. The molecule has 198 valence electrons. The number of fused-ring (bicyclic) bond motifs is 1. The zero-order valence-corrected chi connectivity index (χ0v) is 21.8. The number of carbonyl (C=O) groups is 1. The lowest BCUT2D eigenvalue weighted by Gasteiger charge is -2.13. The molecule has 39 heavy (non-hydrogen) atoms. The number of aromatic nitrogens is 2. The van der Waals surface area contributed by atoms with Crippen LogP contribution in [0.25, 0.3) is 22.2 Å². The van der Waals surface area contributed by atoms with E-state index in [-0.39, 0.29) is 18.8 Å². The van der Waals surface area contributed by atoms with Crippen molar-refractivity contribution in [2.75, 3.05) is 0 Å². The van der Waals surface area contributed by atoms with Gasteiger partial charge in [0.25, 0.3) is 0 Å². The Labute approximate surface area is 226 Å². The Morgan fingerprint density at radius 1 is 0.923 bits per heavy atom. The Balaban J connectivity index is 1.59. The average Bonchev–Trinajstić information content (AvgIpc) is 3.37. The zero-order valence-electron chi connectivity index (χ0n) is 21.0. The Morgan fingerprint density at radius 3 is 2.44 bits per heavy atom. The summed E-state index contributed by atoms with van der Waals surface area (Å²) in [6.45, 7) is 0.380. The topological polar surface area (TPSA) is 125 Å². The first-order valence-electron chi connectivity index (χ1n) is 12.3. The van der Waals surface area contributed by atoms with Gasteiger partial charge in [0.15, 0.2) is 5.65 Å². The molecule has 5 aromatic rings. The van der Waals surface area contributed by atoms with Crippen LogP contribution in [-0.4, -0.2) is 28.5 Å². The van der Waals surface area contributed by atoms with Crippen molar-refractivity contribution in [2.24, 2.45) is 5.73 Å². The minimum atomic E-state index is -3.78. The molecule has 5 rings (SSSR count). The fraction of sp³-hybridized carbons (Fsp3) is 0.133. The van der Waals surface area contributed by atoms with E-state index in [1.165, 1.54) is 10.2 Å². The van der Waals surface area contributed by atoms with E-state index in [1.807, 2.05) is 36.4 Å². The molecule has 0 saturated heterocycles. The van der Waals surface area contributed by atoms with Crippen LogP contribution in [0.1, 0.15) is 22.4 Å². The number of rotatable bonds is 10. The van der Waals surface area contributed by atoms with Crippen molar-refractivity contribution < 1.29 is 23.1 Å². The summed E-state index contributed by atoms with van der Waals surface area (Å²) in [5.41, 5.74) is 10.5. The number of benzene rings is 3. The lowest BCUT2D eigenvalue weighted by molar-refractivity contribution is -0.136. The molecule has 8 nitrogen and oxygen atoms in total. The average molecular weight is 542 g/mol. The number of pyridine rings is 1. The Bertz CT molecular complexity index is 1750. The SMILES string of the molecule is NCc1cccc(-c2cc(COc3ccccc3CC(=O)O)nc3c2ccn3S(=O)(=O)Cc2ccccc2)c1. The first kappa shape index (κ1) is 26.1. The molecule has 2 heterocycles. The van der Waals surface area contributed by atoms with Crippen molar-refractivity contribution in [3.8, 4) is 16.9 Å². The highest BCUT2D eigenvalue weighted by Crippen LogP contribution is 2.32. The second-order valence-corrected chi connectivity index (χ2v) is 11.0. The maximum absolute atomic E-state index is 13.5. The smallest absolute Gasteiger partial charge is 0.307 e. The van der Waals surface area contributed by atoms with Gasteiger partial charge in [0.1, 0.15) is 12.4 Å². The molecule has 0 saturated carbocycles. The van der Waals surface area contributed by atoms with Crippen molar-refractivity contribution in [3.63, 3.8) is 0 Å². The lowest BCUT2D eigenvalue weighted by Crippen LogP contribution is -2.15. The second kappa shape index (κ2) is 11.1. The molecule has 3 N–H and O–H groups in total. The van der Waals surface area contributed by atoms with Crippen LogP contribution in [0, 0.1) is 0 Å². The predicted molar refractivity (Wildman–Crippen MR) is 150 cm³/mol. The molecule has 0 radical (unpaired) electrons. The summed E-state index contributed by atoms with van der Waals surface area (Å²) in [6.07, 6.45) is 1.35. The van der Waals surface area contributed by atoms with E-state index in [2.05, 4.69) is 0 Å². The number of para-hydroxylation sites is 1. The Hall–Kier alpha value is -4.47. The van der Waals surface area contributed by atoms with Crippen LogP contribution in [0.4, 0.5) is 0 Å². The Kier molecular flexibility index (Phi) is 7.44. The van der Waals surface area contributed by atoms with Gasteiger partial charge in [-0.15, -0.1) is 0 Å². The van der Waals surface area contributed by atoms with Crippen LogP contribution in [-0.2, 0) is 40.1 Å². The lowest BCUT2D eigenvalue weighted by atomic mass is 10.0. The first-order chi connectivity index (χ1) is 18.8. The first-order valence-corrected chi connectivity index (χ1v) is 13.9. The van der Waals surface area contributed by atoms with Gasteiger partial charge < -0.3 is 15.6 Å². The fourth-order valence-electron chi connectivity index (χ4n) is 4.50. The Morgan fingerprint density at radius 2 is 1.67 bits per heavy atom. The van der Waals surface area contributed by atoms with E-state index in [9.17, 15) is 18.3 Å². The molecule has 9 heteroatoms. The minimum Gasteiger partial charge on any atom is -0.487 e. The normalized spacial score (nSPS) is 11.5. The molecule has 2 aromatic heterocycles. The minimum absolute atomic E-state index is 0.0140. The summed E-state index contributed by atoms with van der Waals surface area (Å²) in [4.78, 5) is 16.0. The zero-order chi connectivity index (χ0) is 27.4.